The zero-order chi connectivity index (χ0) is 18.5. The number of hydrogen-bond donors (Lipinski definition) is 2. The van der Waals surface area contributed by atoms with E-state index in [4.69, 9.17) is 0 Å². The van der Waals surface area contributed by atoms with Crippen molar-refractivity contribution in [3.63, 3.8) is 0 Å². The van der Waals surface area contributed by atoms with E-state index in [0.717, 1.165) is 43.9 Å². The predicted octanol–water partition coefficient (Wildman–Crippen LogP) is 2.57. The minimum absolute atomic E-state index is 0.0946. The van der Waals surface area contributed by atoms with Gasteiger partial charge in [0.05, 0.1) is 0 Å². The van der Waals surface area contributed by atoms with Gasteiger partial charge in [-0.25, -0.2) is 4.98 Å². The van der Waals surface area contributed by atoms with Crippen LogP contribution in [-0.4, -0.2) is 59.0 Å². The van der Waals surface area contributed by atoms with E-state index < -0.39 is 0 Å². The fraction of sp³-hybridized carbons (Fsp3) is 0.400. The summed E-state index contributed by atoms with van der Waals surface area (Å²) in [5.41, 5.74) is 1.56. The summed E-state index contributed by atoms with van der Waals surface area (Å²) < 4.78 is 0. The zero-order valence-electron chi connectivity index (χ0n) is 15.4. The highest BCUT2D eigenvalue weighted by Gasteiger charge is 2.20. The fourth-order valence-corrected chi connectivity index (χ4v) is 3.30. The molecule has 2 aromatic rings. The number of carbonyl (C=O) groups excluding carboxylic acids is 1. The summed E-state index contributed by atoms with van der Waals surface area (Å²) in [6.07, 6.45) is 2.18. The number of benzene rings is 1. The first-order valence-electron chi connectivity index (χ1n) is 8.97. The van der Waals surface area contributed by atoms with Gasteiger partial charge >= 0.3 is 0 Å². The van der Waals surface area contributed by atoms with E-state index in [9.17, 15) is 9.90 Å². The number of aromatic hydroxyl groups is 1. The van der Waals surface area contributed by atoms with Gasteiger partial charge in [0.15, 0.2) is 0 Å². The first-order chi connectivity index (χ1) is 12.5. The van der Waals surface area contributed by atoms with Crippen LogP contribution in [0.15, 0.2) is 42.5 Å². The van der Waals surface area contributed by atoms with Gasteiger partial charge in [0.1, 0.15) is 17.3 Å². The van der Waals surface area contributed by atoms with Crippen molar-refractivity contribution < 1.29 is 9.90 Å². The highest BCUT2D eigenvalue weighted by atomic mass is 16.3. The maximum Gasteiger partial charge on any atom is 0.272 e. The Balaban J connectivity index is 1.61. The molecule has 138 valence electrons. The van der Waals surface area contributed by atoms with E-state index in [1.807, 2.05) is 30.3 Å². The molecule has 1 saturated heterocycles. The van der Waals surface area contributed by atoms with Crippen LogP contribution in [0.4, 0.5) is 5.82 Å². The van der Waals surface area contributed by atoms with Crippen molar-refractivity contribution in [3.05, 3.63) is 53.7 Å². The minimum atomic E-state index is -0.0946. The Kier molecular flexibility index (Phi) is 5.73. The molecule has 1 aliphatic heterocycles. The van der Waals surface area contributed by atoms with Crippen molar-refractivity contribution in [2.75, 3.05) is 32.5 Å². The maximum absolute atomic E-state index is 12.1. The van der Waals surface area contributed by atoms with E-state index in [2.05, 4.69) is 15.2 Å². The van der Waals surface area contributed by atoms with Crippen LogP contribution in [0.2, 0.25) is 0 Å². The van der Waals surface area contributed by atoms with Gasteiger partial charge < -0.3 is 15.3 Å². The lowest BCUT2D eigenvalue weighted by molar-refractivity contribution is 0.0822. The number of hydrogen-bond acceptors (Lipinski definition) is 5. The molecule has 1 unspecified atom stereocenters. The number of piperidine rings is 1. The first-order valence-corrected chi connectivity index (χ1v) is 8.97. The Morgan fingerprint density at radius 3 is 2.88 bits per heavy atom. The lowest BCUT2D eigenvalue weighted by Gasteiger charge is -2.33. The molecule has 2 N–H and O–H groups in total. The summed E-state index contributed by atoms with van der Waals surface area (Å²) in [5, 5.41) is 13.1. The molecule has 1 aliphatic rings. The topological polar surface area (TPSA) is 68.7 Å². The van der Waals surface area contributed by atoms with Crippen LogP contribution >= 0.6 is 0 Å². The molecule has 0 aliphatic carbocycles. The average Bonchev–Trinajstić information content (AvgIpc) is 2.61. The second-order valence-electron chi connectivity index (χ2n) is 7.00. The van der Waals surface area contributed by atoms with Gasteiger partial charge in [-0.2, -0.15) is 0 Å². The molecule has 0 radical (unpaired) electrons. The Labute approximate surface area is 154 Å². The number of aromatic nitrogens is 1. The number of rotatable bonds is 5. The van der Waals surface area contributed by atoms with Gasteiger partial charge in [0.2, 0.25) is 0 Å². The van der Waals surface area contributed by atoms with Gasteiger partial charge in [-0.1, -0.05) is 18.2 Å². The number of likely N-dealkylation sites (tertiary alicyclic amines) is 1. The van der Waals surface area contributed by atoms with E-state index in [0.29, 0.717) is 17.5 Å². The Hall–Kier alpha value is -2.60. The number of nitrogens with zero attached hydrogens (tertiary/aromatic N) is 3. The molecule has 1 aromatic carbocycles. The van der Waals surface area contributed by atoms with Gasteiger partial charge in [-0.15, -0.1) is 0 Å². The quantitative estimate of drug-likeness (QED) is 0.864. The maximum atomic E-state index is 12.1. The number of nitrogens with one attached hydrogen (secondary N) is 1. The Bertz CT molecular complexity index is 763. The number of anilines is 1. The van der Waals surface area contributed by atoms with Crippen molar-refractivity contribution in [3.8, 4) is 5.75 Å². The van der Waals surface area contributed by atoms with Crippen molar-refractivity contribution in [1.82, 2.24) is 14.8 Å². The Morgan fingerprint density at radius 1 is 1.31 bits per heavy atom. The third-order valence-electron chi connectivity index (χ3n) is 4.55. The van der Waals surface area contributed by atoms with Crippen molar-refractivity contribution >= 4 is 11.7 Å². The number of pyridine rings is 1. The van der Waals surface area contributed by atoms with E-state index in [1.165, 1.54) is 4.90 Å². The van der Waals surface area contributed by atoms with Gasteiger partial charge in [-0.05, 0) is 49.2 Å². The van der Waals surface area contributed by atoms with Gasteiger partial charge in [-0.3, -0.25) is 9.69 Å². The molecule has 1 aromatic heterocycles. The normalized spacial score (nSPS) is 17.7. The van der Waals surface area contributed by atoms with Crippen molar-refractivity contribution in [2.45, 2.75) is 25.4 Å². The monoisotopic (exact) mass is 354 g/mol. The lowest BCUT2D eigenvalue weighted by atomic mass is 10.0. The van der Waals surface area contributed by atoms with Gasteiger partial charge in [0, 0.05) is 33.2 Å². The van der Waals surface area contributed by atoms with E-state index in [-0.39, 0.29) is 5.91 Å². The van der Waals surface area contributed by atoms with Crippen LogP contribution in [0.25, 0.3) is 0 Å². The second-order valence-corrected chi connectivity index (χ2v) is 7.00. The fourth-order valence-electron chi connectivity index (χ4n) is 3.30. The summed E-state index contributed by atoms with van der Waals surface area (Å²) in [6.45, 7) is 2.77. The molecular formula is C20H26N4O2. The average molecular weight is 354 g/mol. The molecule has 1 amide bonds. The molecule has 0 bridgehead atoms. The number of amides is 1. The standard InChI is InChI=1S/C20H26N4O2/c1-23(2)20(26)18-9-4-10-19(22-18)21-16-7-5-11-24(14-16)13-15-6-3-8-17(25)12-15/h3-4,6,8-10,12,16,25H,5,7,11,13-14H2,1-2H3,(H,21,22). The SMILES string of the molecule is CN(C)C(=O)c1cccc(NC2CCCN(Cc3cccc(O)c3)C2)n1. The molecule has 3 rings (SSSR count). The van der Waals surface area contributed by atoms with Crippen LogP contribution in [-0.2, 0) is 6.54 Å². The largest absolute Gasteiger partial charge is 0.508 e. The molecule has 1 fully saturated rings. The highest BCUT2D eigenvalue weighted by molar-refractivity contribution is 5.92. The van der Waals surface area contributed by atoms with Gasteiger partial charge in [0.25, 0.3) is 5.91 Å². The van der Waals surface area contributed by atoms with Crippen molar-refractivity contribution in [1.29, 1.82) is 0 Å². The van der Waals surface area contributed by atoms with Crippen LogP contribution in [0.3, 0.4) is 0 Å². The van der Waals surface area contributed by atoms with Crippen LogP contribution in [0, 0.1) is 0 Å². The second kappa shape index (κ2) is 8.19. The molecule has 26 heavy (non-hydrogen) atoms. The molecule has 6 nitrogen and oxygen atoms in total. The van der Waals surface area contributed by atoms with Crippen LogP contribution in [0.5, 0.6) is 5.75 Å². The Morgan fingerprint density at radius 2 is 2.12 bits per heavy atom. The third-order valence-corrected chi connectivity index (χ3v) is 4.55. The molecule has 2 heterocycles. The van der Waals surface area contributed by atoms with Crippen LogP contribution < -0.4 is 5.32 Å². The summed E-state index contributed by atoms with van der Waals surface area (Å²) in [7, 11) is 3.45. The summed E-state index contributed by atoms with van der Waals surface area (Å²) in [6, 6.07) is 13.2. The number of phenols is 1. The summed E-state index contributed by atoms with van der Waals surface area (Å²) >= 11 is 0. The highest BCUT2D eigenvalue weighted by Crippen LogP contribution is 2.19. The van der Waals surface area contributed by atoms with Crippen molar-refractivity contribution in [2.24, 2.45) is 0 Å². The first kappa shape index (κ1) is 18.2. The third kappa shape index (κ3) is 4.73. The number of phenolic OH excluding ortho intramolecular Hbond substituents is 1. The predicted molar refractivity (Wildman–Crippen MR) is 102 cm³/mol. The molecule has 1 atom stereocenters. The van der Waals surface area contributed by atoms with Crippen LogP contribution in [0.1, 0.15) is 28.9 Å². The number of carbonyl (C=O) groups is 1. The summed E-state index contributed by atoms with van der Waals surface area (Å²) in [5.74, 6) is 0.950. The molecule has 0 spiro atoms. The minimum Gasteiger partial charge on any atom is -0.508 e. The molecule has 6 heteroatoms. The molecular weight excluding hydrogens is 328 g/mol. The zero-order valence-corrected chi connectivity index (χ0v) is 15.4. The molecule has 0 saturated carbocycles. The van der Waals surface area contributed by atoms with E-state index in [1.54, 1.807) is 26.2 Å². The van der Waals surface area contributed by atoms with E-state index >= 15 is 0 Å². The lowest BCUT2D eigenvalue weighted by Crippen LogP contribution is -2.41. The smallest absolute Gasteiger partial charge is 0.272 e. The summed E-state index contributed by atoms with van der Waals surface area (Å²) in [4.78, 5) is 20.4.